The van der Waals surface area contributed by atoms with Crippen molar-refractivity contribution in [3.63, 3.8) is 0 Å². The van der Waals surface area contributed by atoms with Gasteiger partial charge in [-0.25, -0.2) is 0 Å². The molecule has 0 aliphatic carbocycles. The van der Waals surface area contributed by atoms with Crippen LogP contribution in [0.25, 0.3) is 0 Å². The van der Waals surface area contributed by atoms with Crippen LogP contribution in [0.5, 0.6) is 0 Å². The first-order valence-electron chi connectivity index (χ1n) is 7.14. The molecule has 1 aromatic rings. The van der Waals surface area contributed by atoms with Gasteiger partial charge in [-0.1, -0.05) is 24.3 Å². The van der Waals surface area contributed by atoms with E-state index in [1.807, 2.05) is 17.0 Å². The Kier molecular flexibility index (Phi) is 4.59. The Morgan fingerprint density at radius 1 is 1.26 bits per heavy atom. The van der Waals surface area contributed by atoms with Crippen LogP contribution in [-0.4, -0.2) is 36.0 Å². The van der Waals surface area contributed by atoms with Gasteiger partial charge >= 0.3 is 0 Å². The molecule has 0 unspecified atom stereocenters. The van der Waals surface area contributed by atoms with E-state index in [4.69, 9.17) is 0 Å². The molecular weight excluding hydrogens is 236 g/mol. The summed E-state index contributed by atoms with van der Waals surface area (Å²) in [5.41, 5.74) is 2.56. The molecule has 1 heterocycles. The van der Waals surface area contributed by atoms with E-state index in [1.54, 1.807) is 0 Å². The third-order valence-electron chi connectivity index (χ3n) is 3.78. The third kappa shape index (κ3) is 3.80. The number of rotatable bonds is 3. The monoisotopic (exact) mass is 260 g/mol. The van der Waals surface area contributed by atoms with E-state index in [2.05, 4.69) is 38.2 Å². The van der Waals surface area contributed by atoms with Gasteiger partial charge < -0.3 is 10.2 Å². The van der Waals surface area contributed by atoms with E-state index >= 15 is 0 Å². The van der Waals surface area contributed by atoms with Gasteiger partial charge in [-0.2, -0.15) is 0 Å². The summed E-state index contributed by atoms with van der Waals surface area (Å²) >= 11 is 0. The molecule has 0 radical (unpaired) electrons. The van der Waals surface area contributed by atoms with Crippen LogP contribution < -0.4 is 5.32 Å². The summed E-state index contributed by atoms with van der Waals surface area (Å²) in [7, 11) is 0. The van der Waals surface area contributed by atoms with Crippen LogP contribution in [0.1, 0.15) is 31.4 Å². The Morgan fingerprint density at radius 3 is 2.53 bits per heavy atom. The van der Waals surface area contributed by atoms with E-state index < -0.39 is 0 Å². The fourth-order valence-electron chi connectivity index (χ4n) is 2.82. The maximum Gasteiger partial charge on any atom is 0.223 e. The molecule has 0 bridgehead atoms. The molecule has 1 aliphatic heterocycles. The van der Waals surface area contributed by atoms with Gasteiger partial charge in [-0.3, -0.25) is 4.79 Å². The Hall–Kier alpha value is -1.35. The average Bonchev–Trinajstić information content (AvgIpc) is 2.36. The minimum absolute atomic E-state index is 0.281. The van der Waals surface area contributed by atoms with Crippen LogP contribution >= 0.6 is 0 Å². The maximum atomic E-state index is 12.3. The number of carbonyl (C=O) groups is 1. The fraction of sp³-hybridized carbons (Fsp3) is 0.562. The lowest BCUT2D eigenvalue weighted by atomic mass is 10.0. The van der Waals surface area contributed by atoms with Gasteiger partial charge in [0.2, 0.25) is 5.91 Å². The number of nitrogens with zero attached hydrogens (tertiary/aromatic N) is 1. The first-order chi connectivity index (χ1) is 9.06. The average molecular weight is 260 g/mol. The lowest BCUT2D eigenvalue weighted by Gasteiger charge is -2.36. The highest BCUT2D eigenvalue weighted by Crippen LogP contribution is 2.12. The Labute approximate surface area is 116 Å². The Bertz CT molecular complexity index is 434. The van der Waals surface area contributed by atoms with Crippen LogP contribution in [0.3, 0.4) is 0 Å². The quantitative estimate of drug-likeness (QED) is 0.903. The van der Waals surface area contributed by atoms with Gasteiger partial charge in [0, 0.05) is 31.6 Å². The topological polar surface area (TPSA) is 32.3 Å². The van der Waals surface area contributed by atoms with Crippen molar-refractivity contribution in [2.45, 2.75) is 45.7 Å². The van der Waals surface area contributed by atoms with Gasteiger partial charge in [0.05, 0.1) is 0 Å². The number of piperazine rings is 1. The summed E-state index contributed by atoms with van der Waals surface area (Å²) in [6.07, 6.45) is 1.46. The molecule has 1 saturated heterocycles. The van der Waals surface area contributed by atoms with Crippen molar-refractivity contribution in [3.8, 4) is 0 Å². The smallest absolute Gasteiger partial charge is 0.223 e. The van der Waals surface area contributed by atoms with Crippen LogP contribution in [0, 0.1) is 6.92 Å². The second kappa shape index (κ2) is 6.20. The predicted octanol–water partition coefficient (Wildman–Crippen LogP) is 2.14. The van der Waals surface area contributed by atoms with E-state index in [1.165, 1.54) is 11.1 Å². The highest BCUT2D eigenvalue weighted by atomic mass is 16.2. The zero-order chi connectivity index (χ0) is 13.8. The SMILES string of the molecule is Cc1ccccc1CCC(=O)N1C[C@H](C)N[C@@H](C)C1. The molecule has 0 spiro atoms. The van der Waals surface area contributed by atoms with Crippen LogP contribution in [0.2, 0.25) is 0 Å². The number of nitrogens with one attached hydrogen (secondary N) is 1. The molecule has 1 aliphatic rings. The molecule has 0 aromatic heterocycles. The maximum absolute atomic E-state index is 12.3. The molecule has 3 nitrogen and oxygen atoms in total. The molecule has 1 aromatic carbocycles. The molecule has 1 fully saturated rings. The molecule has 2 rings (SSSR count). The van der Waals surface area contributed by atoms with Crippen LogP contribution in [-0.2, 0) is 11.2 Å². The van der Waals surface area contributed by atoms with Crippen molar-refractivity contribution in [3.05, 3.63) is 35.4 Å². The van der Waals surface area contributed by atoms with E-state index in [-0.39, 0.29) is 5.91 Å². The number of aryl methyl sites for hydroxylation is 2. The summed E-state index contributed by atoms with van der Waals surface area (Å²) < 4.78 is 0. The van der Waals surface area contributed by atoms with Crippen molar-refractivity contribution < 1.29 is 4.79 Å². The molecule has 3 heteroatoms. The molecular formula is C16H24N2O. The Morgan fingerprint density at radius 2 is 1.89 bits per heavy atom. The van der Waals surface area contributed by atoms with Crippen molar-refractivity contribution in [2.24, 2.45) is 0 Å². The second-order valence-corrected chi connectivity index (χ2v) is 5.69. The van der Waals surface area contributed by atoms with Crippen molar-refractivity contribution >= 4 is 5.91 Å². The van der Waals surface area contributed by atoms with E-state index in [0.29, 0.717) is 18.5 Å². The molecule has 1 N–H and O–H groups in total. The highest BCUT2D eigenvalue weighted by molar-refractivity contribution is 5.76. The molecule has 0 saturated carbocycles. The minimum Gasteiger partial charge on any atom is -0.340 e. The van der Waals surface area contributed by atoms with Crippen molar-refractivity contribution in [2.75, 3.05) is 13.1 Å². The lowest BCUT2D eigenvalue weighted by molar-refractivity contribution is -0.132. The number of hydrogen-bond acceptors (Lipinski definition) is 2. The summed E-state index contributed by atoms with van der Waals surface area (Å²) in [6, 6.07) is 9.10. The second-order valence-electron chi connectivity index (χ2n) is 5.69. The minimum atomic E-state index is 0.281. The molecule has 19 heavy (non-hydrogen) atoms. The molecule has 2 atom stereocenters. The fourth-order valence-corrected chi connectivity index (χ4v) is 2.82. The number of hydrogen-bond donors (Lipinski definition) is 1. The summed E-state index contributed by atoms with van der Waals surface area (Å²) in [5, 5.41) is 3.45. The number of amides is 1. The predicted molar refractivity (Wildman–Crippen MR) is 78.1 cm³/mol. The zero-order valence-corrected chi connectivity index (χ0v) is 12.1. The zero-order valence-electron chi connectivity index (χ0n) is 12.1. The molecule has 1 amide bonds. The lowest BCUT2D eigenvalue weighted by Crippen LogP contribution is -2.55. The van der Waals surface area contributed by atoms with Crippen molar-refractivity contribution in [1.82, 2.24) is 10.2 Å². The van der Waals surface area contributed by atoms with Gasteiger partial charge in [-0.05, 0) is 38.3 Å². The van der Waals surface area contributed by atoms with Gasteiger partial charge in [-0.15, -0.1) is 0 Å². The van der Waals surface area contributed by atoms with Crippen molar-refractivity contribution in [1.29, 1.82) is 0 Å². The largest absolute Gasteiger partial charge is 0.340 e. The summed E-state index contributed by atoms with van der Waals surface area (Å²) in [6.45, 7) is 8.04. The Balaban J connectivity index is 1.89. The standard InChI is InChI=1S/C16H24N2O/c1-12-6-4-5-7-15(12)8-9-16(19)18-10-13(2)17-14(3)11-18/h4-7,13-14,17H,8-11H2,1-3H3/t13-,14-/m0/s1. The van der Waals surface area contributed by atoms with E-state index in [0.717, 1.165) is 19.5 Å². The first-order valence-corrected chi connectivity index (χ1v) is 7.14. The van der Waals surface area contributed by atoms with Crippen LogP contribution in [0.4, 0.5) is 0 Å². The third-order valence-corrected chi connectivity index (χ3v) is 3.78. The van der Waals surface area contributed by atoms with Gasteiger partial charge in [0.25, 0.3) is 0 Å². The number of benzene rings is 1. The van der Waals surface area contributed by atoms with E-state index in [9.17, 15) is 4.79 Å². The summed E-state index contributed by atoms with van der Waals surface area (Å²) in [4.78, 5) is 14.3. The molecule has 104 valence electrons. The van der Waals surface area contributed by atoms with Gasteiger partial charge in [0.1, 0.15) is 0 Å². The number of carbonyl (C=O) groups excluding carboxylic acids is 1. The normalized spacial score (nSPS) is 23.4. The van der Waals surface area contributed by atoms with Gasteiger partial charge in [0.15, 0.2) is 0 Å². The highest BCUT2D eigenvalue weighted by Gasteiger charge is 2.24. The summed E-state index contributed by atoms with van der Waals surface area (Å²) in [5.74, 6) is 0.281. The first kappa shape index (κ1) is 14.1. The van der Waals surface area contributed by atoms with Crippen LogP contribution in [0.15, 0.2) is 24.3 Å².